The van der Waals surface area contributed by atoms with Crippen molar-refractivity contribution in [1.29, 1.82) is 0 Å². The van der Waals surface area contributed by atoms with Crippen LogP contribution in [0.1, 0.15) is 40.5 Å². The summed E-state index contributed by atoms with van der Waals surface area (Å²) >= 11 is 0. The van der Waals surface area contributed by atoms with E-state index in [-0.39, 0.29) is 6.09 Å². The van der Waals surface area contributed by atoms with Gasteiger partial charge in [0.25, 0.3) is 0 Å². The van der Waals surface area contributed by atoms with Crippen LogP contribution in [0.4, 0.5) is 4.79 Å². The first kappa shape index (κ1) is 17.1. The zero-order valence-electron chi connectivity index (χ0n) is 14.2. The maximum Gasteiger partial charge on any atom is 0.410 e. The molecule has 22 heavy (non-hydrogen) atoms. The quantitative estimate of drug-likeness (QED) is 0.866. The Bertz CT molecular complexity index is 417. The van der Waals surface area contributed by atoms with Gasteiger partial charge in [0.15, 0.2) is 0 Å². The third kappa shape index (κ3) is 4.87. The van der Waals surface area contributed by atoms with Crippen LogP contribution < -0.4 is 5.32 Å². The fourth-order valence-corrected chi connectivity index (χ4v) is 2.84. The Morgan fingerprint density at radius 1 is 1.50 bits per heavy atom. The third-order valence-electron chi connectivity index (χ3n) is 3.98. The van der Waals surface area contributed by atoms with Crippen molar-refractivity contribution in [2.45, 2.75) is 52.2 Å². The summed E-state index contributed by atoms with van der Waals surface area (Å²) in [6.07, 6.45) is 2.22. The molecule has 2 aliphatic rings. The van der Waals surface area contributed by atoms with Gasteiger partial charge >= 0.3 is 6.09 Å². The Hall–Kier alpha value is -1.30. The molecule has 2 aliphatic heterocycles. The van der Waals surface area contributed by atoms with Crippen LogP contribution in [0.25, 0.3) is 0 Å². The number of amides is 1. The van der Waals surface area contributed by atoms with Gasteiger partial charge in [0.05, 0.1) is 19.2 Å². The molecule has 1 amide bonds. The fraction of sp³-hybridized carbons (Fsp3) is 0.875. The first-order chi connectivity index (χ1) is 10.4. The molecule has 0 radical (unpaired) electrons. The molecule has 1 N–H and O–H groups in total. The number of carbonyl (C=O) groups is 1. The molecule has 0 aromatic carbocycles. The summed E-state index contributed by atoms with van der Waals surface area (Å²) in [4.78, 5) is 18.3. The fourth-order valence-electron chi connectivity index (χ4n) is 2.84. The number of rotatable bonds is 3. The van der Waals surface area contributed by atoms with Crippen molar-refractivity contribution < 1.29 is 14.3 Å². The molecule has 126 valence electrons. The molecule has 2 heterocycles. The molecule has 1 fully saturated rings. The molecule has 0 spiro atoms. The van der Waals surface area contributed by atoms with Crippen molar-refractivity contribution in [1.82, 2.24) is 10.2 Å². The summed E-state index contributed by atoms with van der Waals surface area (Å²) < 4.78 is 11.1. The van der Waals surface area contributed by atoms with Crippen LogP contribution in [0.5, 0.6) is 0 Å². The molecule has 2 rings (SSSR count). The summed E-state index contributed by atoms with van der Waals surface area (Å²) in [5, 5.41) is 3.40. The lowest BCUT2D eigenvalue weighted by molar-refractivity contribution is 0.0276. The minimum Gasteiger partial charge on any atom is -0.444 e. The average Bonchev–Trinajstić information content (AvgIpc) is 2.91. The third-order valence-corrected chi connectivity index (χ3v) is 3.98. The summed E-state index contributed by atoms with van der Waals surface area (Å²) in [6.45, 7) is 11.3. The number of hydrogen-bond donors (Lipinski definition) is 1. The van der Waals surface area contributed by atoms with Gasteiger partial charge < -0.3 is 14.8 Å². The number of amidine groups is 1. The van der Waals surface area contributed by atoms with Gasteiger partial charge in [0, 0.05) is 25.6 Å². The molecule has 6 nitrogen and oxygen atoms in total. The molecular weight excluding hydrogens is 282 g/mol. The van der Waals surface area contributed by atoms with Crippen LogP contribution >= 0.6 is 0 Å². The predicted molar refractivity (Wildman–Crippen MR) is 86.2 cm³/mol. The first-order valence-corrected chi connectivity index (χ1v) is 8.25. The van der Waals surface area contributed by atoms with Crippen LogP contribution in [0.3, 0.4) is 0 Å². The minimum absolute atomic E-state index is 0.266. The molecule has 6 heteroatoms. The Kier molecular flexibility index (Phi) is 5.67. The van der Waals surface area contributed by atoms with Crippen molar-refractivity contribution in [3.8, 4) is 0 Å². The highest BCUT2D eigenvalue weighted by atomic mass is 16.6. The van der Waals surface area contributed by atoms with E-state index in [9.17, 15) is 4.79 Å². The molecule has 2 atom stereocenters. The number of carbonyl (C=O) groups excluding carboxylic acids is 1. The van der Waals surface area contributed by atoms with Gasteiger partial charge in [-0.25, -0.2) is 4.79 Å². The standard InChI is InChI=1S/C16H29N3O3/c1-5-13-12(6-9-21-13)10-18-14-11-19(8-7-17-14)15(20)22-16(2,3)4/h12-13H,5-11H2,1-4H3,(H,17,18). The summed E-state index contributed by atoms with van der Waals surface area (Å²) in [5.74, 6) is 1.41. The lowest BCUT2D eigenvalue weighted by atomic mass is 10.00. The molecule has 2 unspecified atom stereocenters. The molecule has 1 saturated heterocycles. The van der Waals surface area contributed by atoms with E-state index in [1.54, 1.807) is 4.90 Å². The Morgan fingerprint density at radius 3 is 2.95 bits per heavy atom. The second-order valence-corrected chi connectivity index (χ2v) is 6.98. The van der Waals surface area contributed by atoms with E-state index in [1.807, 2.05) is 20.8 Å². The molecule has 0 aromatic heterocycles. The topological polar surface area (TPSA) is 63.2 Å². The minimum atomic E-state index is -0.463. The largest absolute Gasteiger partial charge is 0.444 e. The number of ether oxygens (including phenoxy) is 2. The van der Waals surface area contributed by atoms with Crippen LogP contribution in [0, 0.1) is 5.92 Å². The SMILES string of the molecule is CCC1OCCC1CNC1=NCCN(C(=O)OC(C)(C)C)C1. The van der Waals surface area contributed by atoms with Gasteiger partial charge in [0.1, 0.15) is 11.4 Å². The second kappa shape index (κ2) is 7.31. The highest BCUT2D eigenvalue weighted by molar-refractivity contribution is 5.87. The van der Waals surface area contributed by atoms with E-state index in [2.05, 4.69) is 17.2 Å². The van der Waals surface area contributed by atoms with Gasteiger partial charge in [-0.1, -0.05) is 6.92 Å². The van der Waals surface area contributed by atoms with E-state index in [4.69, 9.17) is 9.47 Å². The molecule has 0 aromatic rings. The van der Waals surface area contributed by atoms with Gasteiger partial charge in [-0.15, -0.1) is 0 Å². The lowest BCUT2D eigenvalue weighted by Gasteiger charge is -2.30. The van der Waals surface area contributed by atoms with Gasteiger partial charge in [-0.05, 0) is 33.6 Å². The van der Waals surface area contributed by atoms with Crippen molar-refractivity contribution in [3.63, 3.8) is 0 Å². The highest BCUT2D eigenvalue weighted by Crippen LogP contribution is 2.22. The van der Waals surface area contributed by atoms with E-state index in [1.165, 1.54) is 0 Å². The first-order valence-electron chi connectivity index (χ1n) is 8.25. The van der Waals surface area contributed by atoms with E-state index < -0.39 is 5.60 Å². The maximum atomic E-state index is 12.1. The average molecular weight is 311 g/mol. The summed E-state index contributed by atoms with van der Waals surface area (Å²) in [5.41, 5.74) is -0.463. The zero-order chi connectivity index (χ0) is 16.2. The molecule has 0 saturated carbocycles. The lowest BCUT2D eigenvalue weighted by Crippen LogP contribution is -2.48. The molecule has 0 aliphatic carbocycles. The van der Waals surface area contributed by atoms with Crippen molar-refractivity contribution in [3.05, 3.63) is 0 Å². The number of nitrogens with zero attached hydrogens (tertiary/aromatic N) is 2. The smallest absolute Gasteiger partial charge is 0.410 e. The zero-order valence-corrected chi connectivity index (χ0v) is 14.2. The predicted octanol–water partition coefficient (Wildman–Crippen LogP) is 2.04. The summed E-state index contributed by atoms with van der Waals surface area (Å²) in [6, 6.07) is 0. The van der Waals surface area contributed by atoms with E-state index >= 15 is 0 Å². The molecule has 0 bridgehead atoms. The maximum absolute atomic E-state index is 12.1. The van der Waals surface area contributed by atoms with Gasteiger partial charge in [0.2, 0.25) is 0 Å². The molecular formula is C16H29N3O3. The summed E-state index contributed by atoms with van der Waals surface area (Å²) in [7, 11) is 0. The van der Waals surface area contributed by atoms with E-state index in [0.29, 0.717) is 31.7 Å². The van der Waals surface area contributed by atoms with Crippen LogP contribution in [-0.2, 0) is 9.47 Å². The van der Waals surface area contributed by atoms with Gasteiger partial charge in [-0.2, -0.15) is 0 Å². The van der Waals surface area contributed by atoms with Crippen LogP contribution in [-0.4, -0.2) is 61.3 Å². The van der Waals surface area contributed by atoms with Crippen molar-refractivity contribution in [2.24, 2.45) is 10.9 Å². The Labute approximate surface area is 133 Å². The van der Waals surface area contributed by atoms with Crippen molar-refractivity contribution >= 4 is 11.9 Å². The highest BCUT2D eigenvalue weighted by Gasteiger charge is 2.28. The van der Waals surface area contributed by atoms with Crippen LogP contribution in [0.2, 0.25) is 0 Å². The van der Waals surface area contributed by atoms with Crippen LogP contribution in [0.15, 0.2) is 4.99 Å². The number of aliphatic imine (C=N–C) groups is 1. The Balaban J connectivity index is 1.80. The van der Waals surface area contributed by atoms with Gasteiger partial charge in [-0.3, -0.25) is 9.89 Å². The number of nitrogens with one attached hydrogen (secondary N) is 1. The second-order valence-electron chi connectivity index (χ2n) is 6.98. The number of hydrogen-bond acceptors (Lipinski definition) is 5. The normalized spacial score (nSPS) is 25.8. The monoisotopic (exact) mass is 311 g/mol. The van der Waals surface area contributed by atoms with E-state index in [0.717, 1.165) is 31.8 Å². The Morgan fingerprint density at radius 2 is 2.27 bits per heavy atom. The van der Waals surface area contributed by atoms with Crippen molar-refractivity contribution in [2.75, 3.05) is 32.8 Å².